The second-order valence-electron chi connectivity index (χ2n) is 4.81. The van der Waals surface area contributed by atoms with Crippen molar-refractivity contribution in [3.8, 4) is 5.75 Å². The molecule has 0 aliphatic heterocycles. The SMILES string of the molecule is COc1ccccc1CNC(=S)Nc1ccc(Cl)c(C(F)(F)F)c1. The van der Waals surface area contributed by atoms with Gasteiger partial charge in [0.25, 0.3) is 0 Å². The maximum atomic E-state index is 12.8. The normalized spacial score (nSPS) is 11.0. The summed E-state index contributed by atoms with van der Waals surface area (Å²) >= 11 is 10.7. The molecule has 0 amide bonds. The van der Waals surface area contributed by atoms with Crippen molar-refractivity contribution in [2.45, 2.75) is 12.7 Å². The van der Waals surface area contributed by atoms with Crippen LogP contribution in [0.3, 0.4) is 0 Å². The highest BCUT2D eigenvalue weighted by Gasteiger charge is 2.33. The van der Waals surface area contributed by atoms with E-state index in [1.807, 2.05) is 24.3 Å². The molecule has 2 aromatic rings. The first-order valence-electron chi connectivity index (χ1n) is 6.84. The molecule has 0 spiro atoms. The topological polar surface area (TPSA) is 33.3 Å². The number of nitrogens with one attached hydrogen (secondary N) is 2. The molecule has 3 nitrogen and oxygen atoms in total. The Morgan fingerprint density at radius 2 is 1.92 bits per heavy atom. The number of halogens is 4. The summed E-state index contributed by atoms with van der Waals surface area (Å²) in [5.41, 5.74) is 0.155. The maximum Gasteiger partial charge on any atom is 0.417 e. The smallest absolute Gasteiger partial charge is 0.417 e. The molecule has 0 radical (unpaired) electrons. The molecule has 0 saturated carbocycles. The van der Waals surface area contributed by atoms with E-state index in [9.17, 15) is 13.2 Å². The van der Waals surface area contributed by atoms with Crippen LogP contribution in [-0.2, 0) is 12.7 Å². The van der Waals surface area contributed by atoms with Crippen LogP contribution in [0.15, 0.2) is 42.5 Å². The third kappa shape index (κ3) is 4.75. The third-order valence-electron chi connectivity index (χ3n) is 3.16. The van der Waals surface area contributed by atoms with E-state index in [-0.39, 0.29) is 15.8 Å². The Kier molecular flexibility index (Phi) is 5.90. The molecule has 2 N–H and O–H groups in total. The Hall–Kier alpha value is -1.99. The molecule has 0 unspecified atom stereocenters. The number of methoxy groups -OCH3 is 1. The first kappa shape index (κ1) is 18.4. The predicted molar refractivity (Wildman–Crippen MR) is 92.5 cm³/mol. The van der Waals surface area contributed by atoms with Crippen molar-refractivity contribution >= 4 is 34.6 Å². The van der Waals surface area contributed by atoms with E-state index < -0.39 is 11.7 Å². The van der Waals surface area contributed by atoms with Gasteiger partial charge in [-0.05, 0) is 36.5 Å². The minimum atomic E-state index is -4.53. The summed E-state index contributed by atoms with van der Waals surface area (Å²) in [6.45, 7) is 0.371. The van der Waals surface area contributed by atoms with Crippen molar-refractivity contribution < 1.29 is 17.9 Å². The molecule has 24 heavy (non-hydrogen) atoms. The molecule has 2 rings (SSSR count). The second kappa shape index (κ2) is 7.72. The highest BCUT2D eigenvalue weighted by molar-refractivity contribution is 7.80. The Morgan fingerprint density at radius 3 is 2.58 bits per heavy atom. The minimum Gasteiger partial charge on any atom is -0.496 e. The first-order valence-corrected chi connectivity index (χ1v) is 7.63. The molecule has 0 bridgehead atoms. The van der Waals surface area contributed by atoms with E-state index in [2.05, 4.69) is 10.6 Å². The number of thiocarbonyl (C=S) groups is 1. The summed E-state index contributed by atoms with van der Waals surface area (Å²) in [5.74, 6) is 0.693. The molecule has 0 atom stereocenters. The number of ether oxygens (including phenoxy) is 1. The number of para-hydroxylation sites is 1. The first-order chi connectivity index (χ1) is 11.3. The summed E-state index contributed by atoms with van der Waals surface area (Å²) in [6, 6.07) is 10.9. The summed E-state index contributed by atoms with van der Waals surface area (Å²) in [4.78, 5) is 0. The van der Waals surface area contributed by atoms with Crippen molar-refractivity contribution in [3.05, 3.63) is 58.6 Å². The molecule has 0 saturated heterocycles. The van der Waals surface area contributed by atoms with E-state index >= 15 is 0 Å². The molecule has 0 fully saturated rings. The lowest BCUT2D eigenvalue weighted by Gasteiger charge is -2.14. The standard InChI is InChI=1S/C16H14ClF3N2OS/c1-23-14-5-3-2-4-10(14)9-21-15(24)22-11-6-7-13(17)12(8-11)16(18,19)20/h2-8H,9H2,1H3,(H2,21,22,24). The molecule has 0 aromatic heterocycles. The molecule has 0 aliphatic rings. The van der Waals surface area contributed by atoms with Gasteiger partial charge in [-0.1, -0.05) is 29.8 Å². The van der Waals surface area contributed by atoms with Crippen molar-refractivity contribution in [1.29, 1.82) is 0 Å². The van der Waals surface area contributed by atoms with Gasteiger partial charge in [0.15, 0.2) is 5.11 Å². The van der Waals surface area contributed by atoms with Crippen LogP contribution in [0.4, 0.5) is 18.9 Å². The predicted octanol–water partition coefficient (Wildman–Crippen LogP) is 4.85. The van der Waals surface area contributed by atoms with E-state index in [0.717, 1.165) is 11.6 Å². The van der Waals surface area contributed by atoms with Crippen LogP contribution in [0.1, 0.15) is 11.1 Å². The summed E-state index contributed by atoms with van der Waals surface area (Å²) in [5, 5.41) is 5.46. The van der Waals surface area contributed by atoms with Gasteiger partial charge in [-0.3, -0.25) is 0 Å². The highest BCUT2D eigenvalue weighted by atomic mass is 35.5. The van der Waals surface area contributed by atoms with Crippen molar-refractivity contribution in [1.82, 2.24) is 5.32 Å². The van der Waals surface area contributed by atoms with Crippen LogP contribution in [-0.4, -0.2) is 12.2 Å². The van der Waals surface area contributed by atoms with Crippen LogP contribution >= 0.6 is 23.8 Å². The third-order valence-corrected chi connectivity index (χ3v) is 3.74. The van der Waals surface area contributed by atoms with Gasteiger partial charge in [0.05, 0.1) is 17.7 Å². The Bertz CT molecular complexity index is 738. The Morgan fingerprint density at radius 1 is 1.21 bits per heavy atom. The lowest BCUT2D eigenvalue weighted by atomic mass is 10.2. The largest absolute Gasteiger partial charge is 0.496 e. The average Bonchev–Trinajstić information content (AvgIpc) is 2.54. The van der Waals surface area contributed by atoms with Crippen molar-refractivity contribution in [3.63, 3.8) is 0 Å². The van der Waals surface area contributed by atoms with E-state index in [4.69, 9.17) is 28.6 Å². The van der Waals surface area contributed by atoms with Gasteiger partial charge in [0.2, 0.25) is 0 Å². The highest BCUT2D eigenvalue weighted by Crippen LogP contribution is 2.36. The van der Waals surface area contributed by atoms with Crippen LogP contribution in [0.25, 0.3) is 0 Å². The lowest BCUT2D eigenvalue weighted by molar-refractivity contribution is -0.137. The van der Waals surface area contributed by atoms with Gasteiger partial charge in [0.1, 0.15) is 5.75 Å². The van der Waals surface area contributed by atoms with E-state index in [1.54, 1.807) is 7.11 Å². The van der Waals surface area contributed by atoms with Gasteiger partial charge in [0, 0.05) is 17.8 Å². The van der Waals surface area contributed by atoms with Gasteiger partial charge in [-0.25, -0.2) is 0 Å². The second-order valence-corrected chi connectivity index (χ2v) is 5.63. The zero-order valence-electron chi connectivity index (χ0n) is 12.6. The molecule has 0 aliphatic carbocycles. The summed E-state index contributed by atoms with van der Waals surface area (Å²) in [7, 11) is 1.56. The number of alkyl halides is 3. The molecular weight excluding hydrogens is 361 g/mol. The summed E-state index contributed by atoms with van der Waals surface area (Å²) < 4.78 is 43.8. The fourth-order valence-corrected chi connectivity index (χ4v) is 2.43. The van der Waals surface area contributed by atoms with Crippen LogP contribution < -0.4 is 15.4 Å². The Balaban J connectivity index is 2.03. The number of hydrogen-bond acceptors (Lipinski definition) is 2. The van der Waals surface area contributed by atoms with Gasteiger partial charge >= 0.3 is 6.18 Å². The van der Waals surface area contributed by atoms with Gasteiger partial charge < -0.3 is 15.4 Å². The van der Waals surface area contributed by atoms with Crippen LogP contribution in [0.2, 0.25) is 5.02 Å². The maximum absolute atomic E-state index is 12.8. The number of benzene rings is 2. The average molecular weight is 375 g/mol. The van der Waals surface area contributed by atoms with Crippen molar-refractivity contribution in [2.24, 2.45) is 0 Å². The number of rotatable bonds is 4. The van der Waals surface area contributed by atoms with Crippen LogP contribution in [0.5, 0.6) is 5.75 Å². The summed E-state index contributed by atoms with van der Waals surface area (Å²) in [6.07, 6.45) is -4.53. The quantitative estimate of drug-likeness (QED) is 0.749. The zero-order chi connectivity index (χ0) is 17.7. The Labute approximate surface area is 147 Å². The lowest BCUT2D eigenvalue weighted by Crippen LogP contribution is -2.28. The molecule has 0 heterocycles. The van der Waals surface area contributed by atoms with Gasteiger partial charge in [-0.15, -0.1) is 0 Å². The van der Waals surface area contributed by atoms with Crippen molar-refractivity contribution in [2.75, 3.05) is 12.4 Å². The fourth-order valence-electron chi connectivity index (χ4n) is 2.02. The minimum absolute atomic E-state index is 0.191. The number of anilines is 1. The van der Waals surface area contributed by atoms with E-state index in [0.29, 0.717) is 12.3 Å². The monoisotopic (exact) mass is 374 g/mol. The fraction of sp³-hybridized carbons (Fsp3) is 0.188. The molecular formula is C16H14ClF3N2OS. The van der Waals surface area contributed by atoms with Crippen LogP contribution in [0, 0.1) is 0 Å². The zero-order valence-corrected chi connectivity index (χ0v) is 14.1. The molecule has 128 valence electrons. The molecule has 8 heteroatoms. The molecule has 2 aromatic carbocycles. The van der Waals surface area contributed by atoms with E-state index in [1.165, 1.54) is 12.1 Å². The number of hydrogen-bond donors (Lipinski definition) is 2. The van der Waals surface area contributed by atoms with Gasteiger partial charge in [-0.2, -0.15) is 13.2 Å².